The molecule has 2 rings (SSSR count). The average molecular weight is 318 g/mol. The van der Waals surface area contributed by atoms with E-state index in [1.54, 1.807) is 20.2 Å². The summed E-state index contributed by atoms with van der Waals surface area (Å²) in [6.45, 7) is 1.69. The zero-order valence-corrected chi connectivity index (χ0v) is 13.6. The molecule has 1 aromatic rings. The van der Waals surface area contributed by atoms with Crippen molar-refractivity contribution in [2.45, 2.75) is 29.5 Å². The highest BCUT2D eigenvalue weighted by Crippen LogP contribution is 2.25. The van der Waals surface area contributed by atoms with E-state index in [9.17, 15) is 8.42 Å². The van der Waals surface area contributed by atoms with E-state index in [0.717, 1.165) is 17.8 Å². The molecule has 0 aliphatic heterocycles. The topological polar surface area (TPSA) is 58.6 Å². The minimum absolute atomic E-state index is 0.370. The molecule has 1 heterocycles. The van der Waals surface area contributed by atoms with Gasteiger partial charge in [0.1, 0.15) is 4.21 Å². The van der Waals surface area contributed by atoms with Crippen LogP contribution in [0.4, 0.5) is 0 Å². The number of rotatable bonds is 9. The zero-order chi connectivity index (χ0) is 14.6. The molecule has 20 heavy (non-hydrogen) atoms. The highest BCUT2D eigenvalue weighted by molar-refractivity contribution is 7.91. The summed E-state index contributed by atoms with van der Waals surface area (Å²) in [4.78, 5) is 1.11. The number of likely N-dealkylation sites (N-methyl/N-ethyl adjacent to an activating group) is 1. The fourth-order valence-electron chi connectivity index (χ4n) is 1.81. The lowest BCUT2D eigenvalue weighted by Crippen LogP contribution is -2.29. The van der Waals surface area contributed by atoms with Crippen LogP contribution in [0.5, 0.6) is 0 Å². The lowest BCUT2D eigenvalue weighted by molar-refractivity contribution is 0.185. The molecule has 0 atom stereocenters. The van der Waals surface area contributed by atoms with E-state index < -0.39 is 10.0 Å². The van der Waals surface area contributed by atoms with Gasteiger partial charge < -0.3 is 10.1 Å². The van der Waals surface area contributed by atoms with Crippen molar-refractivity contribution in [2.75, 3.05) is 33.9 Å². The molecule has 1 N–H and O–H groups in total. The van der Waals surface area contributed by atoms with E-state index in [1.807, 2.05) is 6.07 Å². The molecule has 0 radical (unpaired) electrons. The predicted molar refractivity (Wildman–Crippen MR) is 80.7 cm³/mol. The van der Waals surface area contributed by atoms with Gasteiger partial charge in [-0.2, -0.15) is 4.31 Å². The molecule has 1 fully saturated rings. The van der Waals surface area contributed by atoms with Gasteiger partial charge in [-0.05, 0) is 31.4 Å². The van der Waals surface area contributed by atoms with Crippen LogP contribution in [0.2, 0.25) is 0 Å². The molecule has 0 bridgehead atoms. The van der Waals surface area contributed by atoms with Gasteiger partial charge in [-0.1, -0.05) is 0 Å². The van der Waals surface area contributed by atoms with Gasteiger partial charge in [-0.15, -0.1) is 11.3 Å². The summed E-state index contributed by atoms with van der Waals surface area (Å²) in [5, 5.41) is 3.43. The molecular formula is C13H22N2O3S2. The Balaban J connectivity index is 1.91. The second-order valence-electron chi connectivity index (χ2n) is 5.02. The fraction of sp³-hybridized carbons (Fsp3) is 0.692. The number of sulfonamides is 1. The smallest absolute Gasteiger partial charge is 0.252 e. The summed E-state index contributed by atoms with van der Waals surface area (Å²) < 4.78 is 31.3. The van der Waals surface area contributed by atoms with Crippen LogP contribution in [0.1, 0.15) is 17.7 Å². The molecule has 0 aromatic carbocycles. The second kappa shape index (κ2) is 7.00. The number of hydrogen-bond acceptors (Lipinski definition) is 5. The van der Waals surface area contributed by atoms with Crippen molar-refractivity contribution in [3.8, 4) is 0 Å². The third kappa shape index (κ3) is 4.26. The van der Waals surface area contributed by atoms with E-state index >= 15 is 0 Å². The largest absolute Gasteiger partial charge is 0.383 e. The van der Waals surface area contributed by atoms with Crippen LogP contribution in [0.25, 0.3) is 0 Å². The Morgan fingerprint density at radius 2 is 2.20 bits per heavy atom. The Morgan fingerprint density at radius 1 is 1.45 bits per heavy atom. The molecule has 114 valence electrons. The van der Waals surface area contributed by atoms with Gasteiger partial charge in [-0.25, -0.2) is 8.42 Å². The van der Waals surface area contributed by atoms with Gasteiger partial charge >= 0.3 is 0 Å². The van der Waals surface area contributed by atoms with Crippen molar-refractivity contribution in [3.63, 3.8) is 0 Å². The minimum atomic E-state index is -3.37. The van der Waals surface area contributed by atoms with E-state index in [4.69, 9.17) is 4.74 Å². The van der Waals surface area contributed by atoms with Crippen molar-refractivity contribution in [1.29, 1.82) is 0 Å². The number of ether oxygens (including phenoxy) is 1. The Labute approximate surface area is 125 Å². The van der Waals surface area contributed by atoms with Gasteiger partial charge in [0.05, 0.1) is 6.61 Å². The van der Waals surface area contributed by atoms with E-state index in [1.165, 1.54) is 28.5 Å². The van der Waals surface area contributed by atoms with E-state index in [0.29, 0.717) is 23.4 Å². The quantitative estimate of drug-likeness (QED) is 0.746. The maximum Gasteiger partial charge on any atom is 0.252 e. The monoisotopic (exact) mass is 318 g/mol. The lowest BCUT2D eigenvalue weighted by atomic mass is 10.3. The van der Waals surface area contributed by atoms with Gasteiger partial charge in [0.15, 0.2) is 0 Å². The first-order chi connectivity index (χ1) is 9.54. The van der Waals surface area contributed by atoms with Gasteiger partial charge in [0.25, 0.3) is 10.0 Å². The summed E-state index contributed by atoms with van der Waals surface area (Å²) >= 11 is 1.36. The Morgan fingerprint density at radius 3 is 2.85 bits per heavy atom. The Hall–Kier alpha value is -0.470. The molecule has 0 saturated heterocycles. The van der Waals surface area contributed by atoms with Gasteiger partial charge in [-0.3, -0.25) is 0 Å². The standard InChI is InChI=1S/C13H22N2O3S2/c1-15(9-10-18-2)20(16,17)13-6-5-12(19-13)7-8-14-11-3-4-11/h5-6,11,14H,3-4,7-10H2,1-2H3. The summed E-state index contributed by atoms with van der Waals surface area (Å²) in [7, 11) is -0.216. The Bertz CT molecular complexity index is 523. The van der Waals surface area contributed by atoms with Crippen LogP contribution in [0.3, 0.4) is 0 Å². The van der Waals surface area contributed by atoms with Crippen LogP contribution in [0.15, 0.2) is 16.3 Å². The zero-order valence-electron chi connectivity index (χ0n) is 12.0. The summed E-state index contributed by atoms with van der Waals surface area (Å²) in [5.74, 6) is 0. The number of nitrogens with one attached hydrogen (secondary N) is 1. The molecule has 7 heteroatoms. The van der Waals surface area contributed by atoms with Gasteiger partial charge in [0, 0.05) is 38.2 Å². The third-order valence-electron chi connectivity index (χ3n) is 3.29. The maximum atomic E-state index is 12.3. The van der Waals surface area contributed by atoms with Crippen molar-refractivity contribution in [1.82, 2.24) is 9.62 Å². The molecule has 1 saturated carbocycles. The number of thiophene rings is 1. The molecule has 1 aliphatic rings. The molecule has 5 nitrogen and oxygen atoms in total. The molecule has 0 amide bonds. The van der Waals surface area contributed by atoms with Crippen molar-refractivity contribution < 1.29 is 13.2 Å². The predicted octanol–water partition coefficient (Wildman–Crippen LogP) is 1.31. The molecule has 0 spiro atoms. The first-order valence-corrected chi connectivity index (χ1v) is 9.07. The first-order valence-electron chi connectivity index (χ1n) is 6.81. The average Bonchev–Trinajstić information content (AvgIpc) is 3.11. The molecule has 1 aliphatic carbocycles. The molecule has 1 aromatic heterocycles. The molecular weight excluding hydrogens is 296 g/mol. The first kappa shape index (κ1) is 15.9. The third-order valence-corrected chi connectivity index (χ3v) is 6.76. The number of nitrogens with zero attached hydrogens (tertiary/aromatic N) is 1. The summed E-state index contributed by atoms with van der Waals surface area (Å²) in [6.07, 6.45) is 3.43. The van der Waals surface area contributed by atoms with Crippen LogP contribution < -0.4 is 5.32 Å². The lowest BCUT2D eigenvalue weighted by Gasteiger charge is -2.15. The fourth-order valence-corrected chi connectivity index (χ4v) is 4.53. The van der Waals surface area contributed by atoms with Crippen LogP contribution in [-0.2, 0) is 21.2 Å². The maximum absolute atomic E-state index is 12.3. The van der Waals surface area contributed by atoms with E-state index in [-0.39, 0.29) is 0 Å². The number of methoxy groups -OCH3 is 1. The number of hydrogen-bond donors (Lipinski definition) is 1. The minimum Gasteiger partial charge on any atom is -0.383 e. The normalized spacial score (nSPS) is 15.9. The van der Waals surface area contributed by atoms with Crippen molar-refractivity contribution >= 4 is 21.4 Å². The Kier molecular flexibility index (Phi) is 5.57. The van der Waals surface area contributed by atoms with Crippen molar-refractivity contribution in [3.05, 3.63) is 17.0 Å². The van der Waals surface area contributed by atoms with E-state index in [2.05, 4.69) is 5.32 Å². The summed E-state index contributed by atoms with van der Waals surface area (Å²) in [5.41, 5.74) is 0. The van der Waals surface area contributed by atoms with Crippen molar-refractivity contribution in [2.24, 2.45) is 0 Å². The van der Waals surface area contributed by atoms with Crippen LogP contribution in [0, 0.1) is 0 Å². The van der Waals surface area contributed by atoms with Crippen LogP contribution in [-0.4, -0.2) is 52.6 Å². The highest BCUT2D eigenvalue weighted by Gasteiger charge is 2.23. The SMILES string of the molecule is COCCN(C)S(=O)(=O)c1ccc(CCNC2CC2)s1. The van der Waals surface area contributed by atoms with Crippen LogP contribution >= 0.6 is 11.3 Å². The van der Waals surface area contributed by atoms with Gasteiger partial charge in [0.2, 0.25) is 0 Å². The summed E-state index contributed by atoms with van der Waals surface area (Å²) in [6, 6.07) is 4.31. The highest BCUT2D eigenvalue weighted by atomic mass is 32.2. The molecule has 0 unspecified atom stereocenters. The second-order valence-corrected chi connectivity index (χ2v) is 8.46.